The van der Waals surface area contributed by atoms with Gasteiger partial charge in [-0.05, 0) is 18.8 Å². The third-order valence-corrected chi connectivity index (χ3v) is 2.07. The van der Waals surface area contributed by atoms with E-state index in [4.69, 9.17) is 10.5 Å². The number of nitrogens with two attached hydrogens (primary N) is 1. The highest BCUT2D eigenvalue weighted by Gasteiger charge is 2.02. The first-order valence-corrected chi connectivity index (χ1v) is 6.15. The van der Waals surface area contributed by atoms with Gasteiger partial charge in [0.2, 0.25) is 11.8 Å². The highest BCUT2D eigenvalue weighted by atomic mass is 16.5. The van der Waals surface area contributed by atoms with Crippen LogP contribution < -0.4 is 11.1 Å². The number of primary amides is 1. The molecular weight excluding hydrogens is 220 g/mol. The lowest BCUT2D eigenvalue weighted by Crippen LogP contribution is -2.25. The Balaban J connectivity index is 3.25. The maximum absolute atomic E-state index is 11.3. The lowest BCUT2D eigenvalue weighted by atomic mass is 10.2. The van der Waals surface area contributed by atoms with Crippen LogP contribution in [-0.4, -0.2) is 31.6 Å². The highest BCUT2D eigenvalue weighted by molar-refractivity contribution is 5.77. The van der Waals surface area contributed by atoms with Gasteiger partial charge in [-0.15, -0.1) is 0 Å². The molecule has 0 rings (SSSR count). The van der Waals surface area contributed by atoms with E-state index in [1.54, 1.807) is 0 Å². The van der Waals surface area contributed by atoms with E-state index in [-0.39, 0.29) is 18.2 Å². The van der Waals surface area contributed by atoms with Gasteiger partial charge in [0.05, 0.1) is 0 Å². The first-order valence-electron chi connectivity index (χ1n) is 6.15. The molecule has 0 saturated carbocycles. The molecule has 0 unspecified atom stereocenters. The minimum absolute atomic E-state index is 0.0323. The summed E-state index contributed by atoms with van der Waals surface area (Å²) in [5.41, 5.74) is 4.97. The molecule has 5 nitrogen and oxygen atoms in total. The molecule has 17 heavy (non-hydrogen) atoms. The summed E-state index contributed by atoms with van der Waals surface area (Å²) in [6, 6.07) is 0. The van der Waals surface area contributed by atoms with Crippen LogP contribution in [0.1, 0.15) is 39.5 Å². The normalized spacial score (nSPS) is 10.5. The number of ether oxygens (including phenoxy) is 1. The van der Waals surface area contributed by atoms with Gasteiger partial charge in [0, 0.05) is 32.6 Å². The summed E-state index contributed by atoms with van der Waals surface area (Å²) in [7, 11) is 0. The van der Waals surface area contributed by atoms with E-state index in [0.717, 1.165) is 13.0 Å². The second-order valence-corrected chi connectivity index (χ2v) is 4.49. The van der Waals surface area contributed by atoms with Crippen molar-refractivity contribution in [2.75, 3.05) is 19.8 Å². The molecular formula is C12H24N2O3. The Kier molecular flexibility index (Phi) is 9.43. The third kappa shape index (κ3) is 12.8. The van der Waals surface area contributed by atoms with Crippen LogP contribution in [0.15, 0.2) is 0 Å². The second-order valence-electron chi connectivity index (χ2n) is 4.49. The molecule has 0 atom stereocenters. The molecule has 0 fully saturated rings. The van der Waals surface area contributed by atoms with Gasteiger partial charge in [0.25, 0.3) is 0 Å². The van der Waals surface area contributed by atoms with E-state index >= 15 is 0 Å². The molecule has 3 N–H and O–H groups in total. The Hall–Kier alpha value is -1.10. The monoisotopic (exact) mass is 244 g/mol. The van der Waals surface area contributed by atoms with Crippen LogP contribution in [0.2, 0.25) is 0 Å². The minimum atomic E-state index is -0.361. The molecule has 0 saturated heterocycles. The number of amides is 2. The van der Waals surface area contributed by atoms with Crippen LogP contribution in [0.3, 0.4) is 0 Å². The number of carbonyl (C=O) groups excluding carboxylic acids is 2. The van der Waals surface area contributed by atoms with Gasteiger partial charge in [-0.25, -0.2) is 0 Å². The zero-order valence-corrected chi connectivity index (χ0v) is 10.8. The number of hydrogen-bond donors (Lipinski definition) is 2. The van der Waals surface area contributed by atoms with Crippen molar-refractivity contribution >= 4 is 11.8 Å². The summed E-state index contributed by atoms with van der Waals surface area (Å²) in [6.07, 6.45) is 1.96. The maximum atomic E-state index is 11.3. The van der Waals surface area contributed by atoms with E-state index in [1.807, 2.05) is 0 Å². The summed E-state index contributed by atoms with van der Waals surface area (Å²) in [5, 5.41) is 2.77. The van der Waals surface area contributed by atoms with Crippen molar-refractivity contribution < 1.29 is 14.3 Å². The first-order chi connectivity index (χ1) is 8.02. The molecule has 0 heterocycles. The zero-order valence-electron chi connectivity index (χ0n) is 10.8. The molecule has 0 aromatic rings. The lowest BCUT2D eigenvalue weighted by molar-refractivity contribution is -0.121. The number of rotatable bonds is 10. The second kappa shape index (κ2) is 10.1. The van der Waals surface area contributed by atoms with Crippen molar-refractivity contribution in [1.29, 1.82) is 0 Å². The van der Waals surface area contributed by atoms with E-state index in [2.05, 4.69) is 19.2 Å². The molecule has 0 aliphatic heterocycles. The van der Waals surface area contributed by atoms with E-state index < -0.39 is 0 Å². The van der Waals surface area contributed by atoms with E-state index in [9.17, 15) is 9.59 Å². The summed E-state index contributed by atoms with van der Waals surface area (Å²) in [6.45, 7) is 6.24. The predicted octanol–water partition coefficient (Wildman–Crippen LogP) is 0.821. The quantitative estimate of drug-likeness (QED) is 0.558. The standard InChI is InChI=1S/C12H24N2O3/c1-10(2)9-17-8-4-7-14-12(16)6-3-5-11(13)15/h10H,3-9H2,1-2H3,(H2,13,15)(H,14,16). The average Bonchev–Trinajstić information content (AvgIpc) is 2.22. The molecule has 2 amide bonds. The molecule has 0 spiro atoms. The topological polar surface area (TPSA) is 81.4 Å². The van der Waals surface area contributed by atoms with Gasteiger partial charge < -0.3 is 15.8 Å². The molecule has 0 radical (unpaired) electrons. The fraction of sp³-hybridized carbons (Fsp3) is 0.833. The fourth-order valence-corrected chi connectivity index (χ4v) is 1.23. The van der Waals surface area contributed by atoms with Crippen molar-refractivity contribution in [2.45, 2.75) is 39.5 Å². The first kappa shape index (κ1) is 15.9. The van der Waals surface area contributed by atoms with Crippen molar-refractivity contribution in [3.05, 3.63) is 0 Å². The van der Waals surface area contributed by atoms with E-state index in [1.165, 1.54) is 0 Å². The summed E-state index contributed by atoms with van der Waals surface area (Å²) in [4.78, 5) is 21.7. The van der Waals surface area contributed by atoms with Gasteiger partial charge in [0.1, 0.15) is 0 Å². The predicted molar refractivity (Wildman–Crippen MR) is 66.3 cm³/mol. The van der Waals surface area contributed by atoms with Crippen LogP contribution in [0.5, 0.6) is 0 Å². The van der Waals surface area contributed by atoms with Crippen molar-refractivity contribution in [3.8, 4) is 0 Å². The van der Waals surface area contributed by atoms with Crippen LogP contribution in [0, 0.1) is 5.92 Å². The van der Waals surface area contributed by atoms with Crippen molar-refractivity contribution in [2.24, 2.45) is 11.7 Å². The SMILES string of the molecule is CC(C)COCCCNC(=O)CCCC(N)=O. The van der Waals surface area contributed by atoms with Crippen molar-refractivity contribution in [1.82, 2.24) is 5.32 Å². The zero-order chi connectivity index (χ0) is 13.1. The van der Waals surface area contributed by atoms with Crippen molar-refractivity contribution in [3.63, 3.8) is 0 Å². The van der Waals surface area contributed by atoms with Gasteiger partial charge in [-0.2, -0.15) is 0 Å². The van der Waals surface area contributed by atoms with Gasteiger partial charge in [-0.1, -0.05) is 13.8 Å². The van der Waals surface area contributed by atoms with Gasteiger partial charge >= 0.3 is 0 Å². The Labute approximate surface area is 103 Å². The number of nitrogens with one attached hydrogen (secondary N) is 1. The Morgan fingerprint density at radius 1 is 1.24 bits per heavy atom. The average molecular weight is 244 g/mol. The van der Waals surface area contributed by atoms with Gasteiger partial charge in [0.15, 0.2) is 0 Å². The molecule has 0 aliphatic carbocycles. The molecule has 0 aliphatic rings. The molecule has 0 aromatic heterocycles. The van der Waals surface area contributed by atoms with Crippen LogP contribution in [-0.2, 0) is 14.3 Å². The van der Waals surface area contributed by atoms with E-state index in [0.29, 0.717) is 31.9 Å². The van der Waals surface area contributed by atoms with Crippen LogP contribution in [0.25, 0.3) is 0 Å². The van der Waals surface area contributed by atoms with Crippen LogP contribution in [0.4, 0.5) is 0 Å². The maximum Gasteiger partial charge on any atom is 0.220 e. The van der Waals surface area contributed by atoms with Gasteiger partial charge in [-0.3, -0.25) is 9.59 Å². The largest absolute Gasteiger partial charge is 0.381 e. The Morgan fingerprint density at radius 2 is 1.94 bits per heavy atom. The lowest BCUT2D eigenvalue weighted by Gasteiger charge is -2.07. The highest BCUT2D eigenvalue weighted by Crippen LogP contribution is 1.95. The third-order valence-electron chi connectivity index (χ3n) is 2.07. The number of carbonyl (C=O) groups is 2. The summed E-state index contributed by atoms with van der Waals surface area (Å²) in [5.74, 6) is 0.147. The Bertz CT molecular complexity index is 230. The minimum Gasteiger partial charge on any atom is -0.381 e. The fourth-order valence-electron chi connectivity index (χ4n) is 1.23. The molecule has 0 aromatic carbocycles. The Morgan fingerprint density at radius 3 is 2.53 bits per heavy atom. The summed E-state index contributed by atoms with van der Waals surface area (Å²) >= 11 is 0. The molecule has 5 heteroatoms. The van der Waals surface area contributed by atoms with Crippen LogP contribution >= 0.6 is 0 Å². The number of hydrogen-bond acceptors (Lipinski definition) is 3. The summed E-state index contributed by atoms with van der Waals surface area (Å²) < 4.78 is 5.38. The smallest absolute Gasteiger partial charge is 0.220 e. The molecule has 0 bridgehead atoms. The molecule has 100 valence electrons.